The molecular weight excluding hydrogens is 194 g/mol. The molecule has 0 spiro atoms. The van der Waals surface area contributed by atoms with Crippen LogP contribution in [-0.2, 0) is 4.79 Å². The van der Waals surface area contributed by atoms with E-state index in [0.29, 0.717) is 10.5 Å². The van der Waals surface area contributed by atoms with Crippen LogP contribution in [-0.4, -0.2) is 5.78 Å². The molecule has 0 aliphatic heterocycles. The fourth-order valence-corrected chi connectivity index (χ4v) is 1.51. The quantitative estimate of drug-likeness (QED) is 0.560. The van der Waals surface area contributed by atoms with Crippen LogP contribution >= 0.6 is 11.8 Å². The van der Waals surface area contributed by atoms with Crippen LogP contribution in [0.1, 0.15) is 12.5 Å². The zero-order valence-corrected chi connectivity index (χ0v) is 8.60. The number of carbonyl (C=O) groups excluding carboxylic acids is 1. The predicted molar refractivity (Wildman–Crippen MR) is 56.8 cm³/mol. The van der Waals surface area contributed by atoms with E-state index in [-0.39, 0.29) is 5.78 Å². The molecule has 0 aliphatic carbocycles. The van der Waals surface area contributed by atoms with E-state index in [4.69, 9.17) is 5.26 Å². The van der Waals surface area contributed by atoms with Gasteiger partial charge in [-0.15, -0.1) is 0 Å². The Morgan fingerprint density at radius 1 is 1.43 bits per heavy atom. The SMILES string of the molecule is C=C(Sc1ccc(C#N)cc1)C(C)=O. The summed E-state index contributed by atoms with van der Waals surface area (Å²) >= 11 is 1.32. The lowest BCUT2D eigenvalue weighted by Crippen LogP contribution is -1.89. The lowest BCUT2D eigenvalue weighted by atomic mass is 10.2. The van der Waals surface area contributed by atoms with E-state index in [9.17, 15) is 4.79 Å². The minimum atomic E-state index is -0.0284. The summed E-state index contributed by atoms with van der Waals surface area (Å²) in [6.07, 6.45) is 0. The van der Waals surface area contributed by atoms with Gasteiger partial charge in [-0.2, -0.15) is 5.26 Å². The largest absolute Gasteiger partial charge is 0.294 e. The molecule has 0 radical (unpaired) electrons. The van der Waals surface area contributed by atoms with Gasteiger partial charge in [-0.05, 0) is 31.2 Å². The standard InChI is InChI=1S/C11H9NOS/c1-8(13)9(2)14-11-5-3-10(7-12)4-6-11/h3-6H,2H2,1H3. The molecule has 0 bridgehead atoms. The summed E-state index contributed by atoms with van der Waals surface area (Å²) in [7, 11) is 0. The van der Waals surface area contributed by atoms with Crippen LogP contribution < -0.4 is 0 Å². The van der Waals surface area contributed by atoms with Gasteiger partial charge in [0.05, 0.1) is 11.6 Å². The average Bonchev–Trinajstić information content (AvgIpc) is 2.19. The Labute approximate surface area is 87.2 Å². The molecule has 0 aliphatic rings. The van der Waals surface area contributed by atoms with E-state index in [0.717, 1.165) is 4.90 Å². The maximum atomic E-state index is 10.9. The predicted octanol–water partition coefficient (Wildman–Crippen LogP) is 2.75. The number of allylic oxidation sites excluding steroid dienone is 1. The Hall–Kier alpha value is -1.53. The van der Waals surface area contributed by atoms with E-state index >= 15 is 0 Å². The molecule has 0 amide bonds. The highest BCUT2D eigenvalue weighted by atomic mass is 32.2. The fraction of sp³-hybridized carbons (Fsp3) is 0.0909. The van der Waals surface area contributed by atoms with Gasteiger partial charge >= 0.3 is 0 Å². The summed E-state index contributed by atoms with van der Waals surface area (Å²) in [5.74, 6) is -0.0284. The first-order valence-corrected chi connectivity index (χ1v) is 4.83. The normalized spacial score (nSPS) is 9.14. The fourth-order valence-electron chi connectivity index (χ4n) is 0.812. The third kappa shape index (κ3) is 2.75. The highest BCUT2D eigenvalue weighted by Gasteiger charge is 2.02. The number of Topliss-reactive ketones (excluding diaryl/α,β-unsaturated/α-hetero) is 1. The molecule has 1 rings (SSSR count). The minimum absolute atomic E-state index is 0.0284. The van der Waals surface area contributed by atoms with Crippen LogP contribution in [0.5, 0.6) is 0 Å². The second-order valence-corrected chi connectivity index (χ2v) is 3.89. The Morgan fingerprint density at radius 3 is 2.43 bits per heavy atom. The molecule has 0 heterocycles. The molecule has 0 aromatic heterocycles. The molecule has 0 unspecified atom stereocenters. The lowest BCUT2D eigenvalue weighted by molar-refractivity contribution is -0.112. The number of hydrogen-bond donors (Lipinski definition) is 0. The summed E-state index contributed by atoms with van der Waals surface area (Å²) < 4.78 is 0. The zero-order valence-electron chi connectivity index (χ0n) is 7.78. The van der Waals surface area contributed by atoms with E-state index in [2.05, 4.69) is 6.58 Å². The number of hydrogen-bond acceptors (Lipinski definition) is 3. The maximum Gasteiger partial charge on any atom is 0.165 e. The Bertz CT molecular complexity index is 400. The molecule has 2 nitrogen and oxygen atoms in total. The van der Waals surface area contributed by atoms with Crippen LogP contribution in [0.2, 0.25) is 0 Å². The van der Waals surface area contributed by atoms with Crippen molar-refractivity contribution in [2.45, 2.75) is 11.8 Å². The van der Waals surface area contributed by atoms with Gasteiger partial charge in [0, 0.05) is 9.80 Å². The molecule has 70 valence electrons. The smallest absolute Gasteiger partial charge is 0.165 e. The molecule has 1 aromatic carbocycles. The van der Waals surface area contributed by atoms with Crippen molar-refractivity contribution in [3.63, 3.8) is 0 Å². The molecule has 0 atom stereocenters. The number of benzene rings is 1. The first kappa shape index (κ1) is 10.6. The monoisotopic (exact) mass is 203 g/mol. The summed E-state index contributed by atoms with van der Waals surface area (Å²) in [5, 5.41) is 8.57. The van der Waals surface area contributed by atoms with Crippen molar-refractivity contribution < 1.29 is 4.79 Å². The van der Waals surface area contributed by atoms with Crippen molar-refractivity contribution in [1.82, 2.24) is 0 Å². The summed E-state index contributed by atoms with van der Waals surface area (Å²) in [6, 6.07) is 9.07. The number of nitriles is 1. The van der Waals surface area contributed by atoms with Crippen molar-refractivity contribution in [1.29, 1.82) is 5.26 Å². The Kier molecular flexibility index (Phi) is 3.49. The number of rotatable bonds is 3. The summed E-state index contributed by atoms with van der Waals surface area (Å²) in [6.45, 7) is 5.13. The molecule has 0 saturated carbocycles. The van der Waals surface area contributed by atoms with Crippen LogP contribution in [0.3, 0.4) is 0 Å². The lowest BCUT2D eigenvalue weighted by Gasteiger charge is -2.00. The number of carbonyl (C=O) groups is 1. The van der Waals surface area contributed by atoms with Crippen LogP contribution in [0, 0.1) is 11.3 Å². The zero-order chi connectivity index (χ0) is 10.6. The van der Waals surface area contributed by atoms with Gasteiger partial charge < -0.3 is 0 Å². The second-order valence-electron chi connectivity index (χ2n) is 2.72. The first-order valence-electron chi connectivity index (χ1n) is 4.01. The molecule has 3 heteroatoms. The van der Waals surface area contributed by atoms with Crippen molar-refractivity contribution in [3.05, 3.63) is 41.3 Å². The third-order valence-electron chi connectivity index (χ3n) is 1.62. The Morgan fingerprint density at radius 2 is 2.00 bits per heavy atom. The molecule has 0 N–H and O–H groups in total. The summed E-state index contributed by atoms with van der Waals surface area (Å²) in [5.41, 5.74) is 0.614. The van der Waals surface area contributed by atoms with Gasteiger partial charge in [0.2, 0.25) is 0 Å². The molecule has 14 heavy (non-hydrogen) atoms. The van der Waals surface area contributed by atoms with Crippen LogP contribution in [0.4, 0.5) is 0 Å². The van der Waals surface area contributed by atoms with Gasteiger partial charge in [-0.25, -0.2) is 0 Å². The van der Waals surface area contributed by atoms with Gasteiger partial charge in [-0.1, -0.05) is 18.3 Å². The minimum Gasteiger partial charge on any atom is -0.294 e. The number of ketones is 1. The van der Waals surface area contributed by atoms with E-state index in [1.165, 1.54) is 18.7 Å². The Balaban J connectivity index is 2.75. The van der Waals surface area contributed by atoms with Gasteiger partial charge in [0.1, 0.15) is 0 Å². The highest BCUT2D eigenvalue weighted by Crippen LogP contribution is 2.25. The van der Waals surface area contributed by atoms with Gasteiger partial charge in [-0.3, -0.25) is 4.79 Å². The number of thioether (sulfide) groups is 1. The van der Waals surface area contributed by atoms with Crippen molar-refractivity contribution in [3.8, 4) is 6.07 Å². The van der Waals surface area contributed by atoms with Crippen molar-refractivity contribution >= 4 is 17.5 Å². The molecular formula is C11H9NOS. The molecule has 0 fully saturated rings. The number of nitrogens with zero attached hydrogens (tertiary/aromatic N) is 1. The third-order valence-corrected chi connectivity index (χ3v) is 2.66. The second kappa shape index (κ2) is 4.64. The van der Waals surface area contributed by atoms with Crippen LogP contribution in [0.25, 0.3) is 0 Å². The van der Waals surface area contributed by atoms with E-state index in [1.54, 1.807) is 24.3 Å². The molecule has 1 aromatic rings. The van der Waals surface area contributed by atoms with Crippen molar-refractivity contribution in [2.24, 2.45) is 0 Å². The summed E-state index contributed by atoms with van der Waals surface area (Å²) in [4.78, 5) is 12.3. The van der Waals surface area contributed by atoms with Crippen LogP contribution in [0.15, 0.2) is 40.6 Å². The topological polar surface area (TPSA) is 40.9 Å². The average molecular weight is 203 g/mol. The first-order chi connectivity index (χ1) is 6.63. The van der Waals surface area contributed by atoms with Crippen molar-refractivity contribution in [2.75, 3.05) is 0 Å². The van der Waals surface area contributed by atoms with E-state index in [1.807, 2.05) is 6.07 Å². The van der Waals surface area contributed by atoms with Gasteiger partial charge in [0.15, 0.2) is 5.78 Å². The van der Waals surface area contributed by atoms with E-state index < -0.39 is 0 Å². The highest BCUT2D eigenvalue weighted by molar-refractivity contribution is 8.04. The maximum absolute atomic E-state index is 10.9. The molecule has 0 saturated heterocycles. The van der Waals surface area contributed by atoms with Gasteiger partial charge in [0.25, 0.3) is 0 Å².